The molecule has 0 bridgehead atoms. The average Bonchev–Trinajstić information content (AvgIpc) is 2.80. The highest BCUT2D eigenvalue weighted by Gasteiger charge is 2.11. The smallest absolute Gasteiger partial charge is 0.0372 e. The van der Waals surface area contributed by atoms with Crippen molar-refractivity contribution in [2.75, 3.05) is 24.5 Å². The minimum atomic E-state index is 0.605. The van der Waals surface area contributed by atoms with Crippen molar-refractivity contribution >= 4 is 11.8 Å². The van der Waals surface area contributed by atoms with Crippen LogP contribution in [0.5, 0.6) is 0 Å². The van der Waals surface area contributed by atoms with E-state index in [1.54, 1.807) is 0 Å². The maximum Gasteiger partial charge on any atom is 0.0372 e. The Labute approximate surface area is 91.4 Å². The number of hydrogen-bond acceptors (Lipinski definition) is 2. The van der Waals surface area contributed by atoms with Crippen LogP contribution in [0.15, 0.2) is 30.3 Å². The summed E-state index contributed by atoms with van der Waals surface area (Å²) >= 11 is 0. The summed E-state index contributed by atoms with van der Waals surface area (Å²) in [6.45, 7) is 3.00. The third kappa shape index (κ3) is 2.60. The summed E-state index contributed by atoms with van der Waals surface area (Å²) < 4.78 is 0. The Morgan fingerprint density at radius 3 is 2.80 bits per heavy atom. The molecule has 0 radical (unpaired) electrons. The van der Waals surface area contributed by atoms with Crippen LogP contribution >= 0.6 is 0 Å². The topological polar surface area (TPSA) is 29.3 Å². The molecule has 0 aliphatic carbocycles. The number of hydrogen-bond donors (Lipinski definition) is 1. The van der Waals surface area contributed by atoms with Gasteiger partial charge in [-0.05, 0) is 30.5 Å². The minimum Gasteiger partial charge on any atom is -0.372 e. The van der Waals surface area contributed by atoms with E-state index in [1.165, 1.54) is 37.2 Å². The van der Waals surface area contributed by atoms with Crippen LogP contribution in [0.2, 0.25) is 0 Å². The molecule has 2 rings (SSSR count). The van der Waals surface area contributed by atoms with Crippen molar-refractivity contribution in [2.45, 2.75) is 12.8 Å². The van der Waals surface area contributed by atoms with Gasteiger partial charge in [0.2, 0.25) is 0 Å². The maximum absolute atomic E-state index is 5.44. The summed E-state index contributed by atoms with van der Waals surface area (Å²) in [6, 6.07) is 8.65. The van der Waals surface area contributed by atoms with Crippen LogP contribution in [-0.2, 0) is 0 Å². The second-order valence-electron chi connectivity index (χ2n) is 3.93. The van der Waals surface area contributed by atoms with Crippen LogP contribution in [0.1, 0.15) is 18.4 Å². The monoisotopic (exact) mass is 202 g/mol. The predicted octanol–water partition coefficient (Wildman–Crippen LogP) is 2.26. The zero-order valence-corrected chi connectivity index (χ0v) is 9.02. The van der Waals surface area contributed by atoms with Crippen molar-refractivity contribution < 1.29 is 0 Å². The SMILES string of the molecule is NCC=Cc1cccc(N2CCCC2)c1. The van der Waals surface area contributed by atoms with Gasteiger partial charge >= 0.3 is 0 Å². The molecule has 0 aromatic heterocycles. The van der Waals surface area contributed by atoms with Crippen molar-refractivity contribution in [3.8, 4) is 0 Å². The zero-order valence-electron chi connectivity index (χ0n) is 9.02. The highest BCUT2D eigenvalue weighted by molar-refractivity contribution is 5.58. The Hall–Kier alpha value is -1.28. The minimum absolute atomic E-state index is 0.605. The Kier molecular flexibility index (Phi) is 3.41. The molecule has 1 fully saturated rings. The fraction of sp³-hybridized carbons (Fsp3) is 0.385. The molecule has 2 nitrogen and oxygen atoms in total. The Balaban J connectivity index is 2.14. The summed E-state index contributed by atoms with van der Waals surface area (Å²) in [4.78, 5) is 2.44. The first-order chi connectivity index (χ1) is 7.40. The molecule has 2 N–H and O–H groups in total. The van der Waals surface area contributed by atoms with E-state index in [0.717, 1.165) is 0 Å². The van der Waals surface area contributed by atoms with Gasteiger partial charge < -0.3 is 10.6 Å². The van der Waals surface area contributed by atoms with Gasteiger partial charge in [-0.25, -0.2) is 0 Å². The van der Waals surface area contributed by atoms with Gasteiger partial charge in [0.1, 0.15) is 0 Å². The second kappa shape index (κ2) is 4.99. The molecule has 15 heavy (non-hydrogen) atoms. The molecule has 0 saturated carbocycles. The van der Waals surface area contributed by atoms with Crippen LogP contribution < -0.4 is 10.6 Å². The van der Waals surface area contributed by atoms with E-state index in [4.69, 9.17) is 5.73 Å². The standard InChI is InChI=1S/C13H18N2/c14-8-4-6-12-5-3-7-13(11-12)15-9-1-2-10-15/h3-7,11H,1-2,8-10,14H2. The van der Waals surface area contributed by atoms with Crippen LogP contribution in [0, 0.1) is 0 Å². The molecule has 0 atom stereocenters. The number of rotatable bonds is 3. The van der Waals surface area contributed by atoms with Crippen LogP contribution in [-0.4, -0.2) is 19.6 Å². The lowest BCUT2D eigenvalue weighted by Gasteiger charge is -2.17. The molecular weight excluding hydrogens is 184 g/mol. The van der Waals surface area contributed by atoms with E-state index in [0.29, 0.717) is 6.54 Å². The normalized spacial score (nSPS) is 16.5. The van der Waals surface area contributed by atoms with Gasteiger partial charge in [0.25, 0.3) is 0 Å². The summed E-state index contributed by atoms with van der Waals surface area (Å²) in [6.07, 6.45) is 6.72. The summed E-state index contributed by atoms with van der Waals surface area (Å²) in [7, 11) is 0. The molecule has 1 saturated heterocycles. The Morgan fingerprint density at radius 2 is 2.07 bits per heavy atom. The highest BCUT2D eigenvalue weighted by Crippen LogP contribution is 2.21. The molecule has 1 aromatic carbocycles. The molecule has 0 unspecified atom stereocenters. The lowest BCUT2D eigenvalue weighted by molar-refractivity contribution is 0.949. The molecule has 1 aliphatic heterocycles. The predicted molar refractivity (Wildman–Crippen MR) is 66.0 cm³/mol. The first-order valence-electron chi connectivity index (χ1n) is 5.62. The number of benzene rings is 1. The first-order valence-corrected chi connectivity index (χ1v) is 5.62. The summed E-state index contributed by atoms with van der Waals surface area (Å²) in [5.41, 5.74) is 8.02. The molecule has 2 heteroatoms. The average molecular weight is 202 g/mol. The third-order valence-electron chi connectivity index (χ3n) is 2.79. The molecule has 0 spiro atoms. The molecule has 1 heterocycles. The van der Waals surface area contributed by atoms with E-state index >= 15 is 0 Å². The van der Waals surface area contributed by atoms with Gasteiger partial charge in [-0.1, -0.05) is 24.3 Å². The van der Waals surface area contributed by atoms with Crippen molar-refractivity contribution in [1.82, 2.24) is 0 Å². The largest absolute Gasteiger partial charge is 0.372 e. The summed E-state index contributed by atoms with van der Waals surface area (Å²) in [5.74, 6) is 0. The quantitative estimate of drug-likeness (QED) is 0.814. The summed E-state index contributed by atoms with van der Waals surface area (Å²) in [5, 5.41) is 0. The van der Waals surface area contributed by atoms with E-state index in [9.17, 15) is 0 Å². The van der Waals surface area contributed by atoms with Crippen LogP contribution in [0.4, 0.5) is 5.69 Å². The molecule has 1 aliphatic rings. The van der Waals surface area contributed by atoms with Gasteiger partial charge in [-0.15, -0.1) is 0 Å². The fourth-order valence-electron chi connectivity index (χ4n) is 2.00. The van der Waals surface area contributed by atoms with Crippen LogP contribution in [0.25, 0.3) is 6.08 Å². The highest BCUT2D eigenvalue weighted by atomic mass is 15.1. The number of nitrogens with zero attached hydrogens (tertiary/aromatic N) is 1. The van der Waals surface area contributed by atoms with Gasteiger partial charge in [-0.3, -0.25) is 0 Å². The second-order valence-corrected chi connectivity index (χ2v) is 3.93. The Morgan fingerprint density at radius 1 is 1.27 bits per heavy atom. The van der Waals surface area contributed by atoms with Crippen LogP contribution in [0.3, 0.4) is 0 Å². The molecule has 1 aromatic rings. The van der Waals surface area contributed by atoms with E-state index in [-0.39, 0.29) is 0 Å². The maximum atomic E-state index is 5.44. The molecule has 0 amide bonds. The van der Waals surface area contributed by atoms with Gasteiger partial charge in [0.15, 0.2) is 0 Å². The lowest BCUT2D eigenvalue weighted by atomic mass is 10.2. The molecule has 80 valence electrons. The van der Waals surface area contributed by atoms with E-state index in [2.05, 4.69) is 35.2 Å². The zero-order chi connectivity index (χ0) is 10.5. The van der Waals surface area contributed by atoms with Crippen molar-refractivity contribution in [3.63, 3.8) is 0 Å². The number of anilines is 1. The van der Waals surface area contributed by atoms with Gasteiger partial charge in [0, 0.05) is 25.3 Å². The third-order valence-corrected chi connectivity index (χ3v) is 2.79. The fourth-order valence-corrected chi connectivity index (χ4v) is 2.00. The van der Waals surface area contributed by atoms with E-state index < -0.39 is 0 Å². The first kappa shape index (κ1) is 10.2. The lowest BCUT2D eigenvalue weighted by Crippen LogP contribution is -2.17. The van der Waals surface area contributed by atoms with Gasteiger partial charge in [0.05, 0.1) is 0 Å². The van der Waals surface area contributed by atoms with Crippen molar-refractivity contribution in [2.24, 2.45) is 5.73 Å². The number of nitrogens with two attached hydrogens (primary N) is 1. The van der Waals surface area contributed by atoms with E-state index in [1.807, 2.05) is 6.08 Å². The van der Waals surface area contributed by atoms with Crippen molar-refractivity contribution in [3.05, 3.63) is 35.9 Å². The molecular formula is C13H18N2. The van der Waals surface area contributed by atoms with Gasteiger partial charge in [-0.2, -0.15) is 0 Å². The Bertz CT molecular complexity index is 338. The van der Waals surface area contributed by atoms with Crippen molar-refractivity contribution in [1.29, 1.82) is 0 Å².